The molecule has 2 atom stereocenters. The van der Waals surface area contributed by atoms with Crippen molar-refractivity contribution in [3.8, 4) is 0 Å². The van der Waals surface area contributed by atoms with Gasteiger partial charge in [0.05, 0.1) is 23.0 Å². The zero-order valence-corrected chi connectivity index (χ0v) is 18.7. The van der Waals surface area contributed by atoms with Crippen LogP contribution in [0.3, 0.4) is 0 Å². The Morgan fingerprint density at radius 2 is 1.82 bits per heavy atom. The van der Waals surface area contributed by atoms with Gasteiger partial charge in [-0.05, 0) is 42.0 Å². The molecule has 1 aliphatic carbocycles. The topological polar surface area (TPSA) is 114 Å². The van der Waals surface area contributed by atoms with E-state index in [2.05, 4.69) is 25.0 Å². The van der Waals surface area contributed by atoms with Gasteiger partial charge in [-0.25, -0.2) is 17.8 Å². The molecule has 1 aliphatic rings. The molecular formula is C24H20FN5O3S. The Kier molecular flexibility index (Phi) is 5.66. The number of Topliss-reactive ketones (excluding diaryl/α,β-unsaturated/α-hetero) is 1. The van der Waals surface area contributed by atoms with Crippen LogP contribution in [-0.4, -0.2) is 35.7 Å². The van der Waals surface area contributed by atoms with Crippen LogP contribution < -0.4 is 10.0 Å². The Labute approximate surface area is 195 Å². The summed E-state index contributed by atoms with van der Waals surface area (Å²) in [6.45, 7) is 0.345. The molecule has 2 N–H and O–H groups in total. The number of rotatable bonds is 7. The molecule has 10 heteroatoms. The summed E-state index contributed by atoms with van der Waals surface area (Å²) in [5, 5.41) is 3.72. The molecule has 5 rings (SSSR count). The minimum atomic E-state index is -3.75. The van der Waals surface area contributed by atoms with E-state index in [1.807, 2.05) is 0 Å². The summed E-state index contributed by atoms with van der Waals surface area (Å²) in [7, 11) is -3.75. The molecule has 3 aromatic heterocycles. The molecule has 0 saturated heterocycles. The SMILES string of the molecule is O=C1CC(c2ccc(S(=O)(=O)Nc3cccnc3)cc2)C1CNc1ccc2cncc(F)c2n1. The maximum Gasteiger partial charge on any atom is 0.261 e. The number of nitrogens with one attached hydrogen (secondary N) is 2. The predicted molar refractivity (Wildman–Crippen MR) is 125 cm³/mol. The summed E-state index contributed by atoms with van der Waals surface area (Å²) < 4.78 is 41.7. The van der Waals surface area contributed by atoms with Crippen LogP contribution in [0, 0.1) is 11.7 Å². The lowest BCUT2D eigenvalue weighted by atomic mass is 9.69. The molecule has 0 aliphatic heterocycles. The Hall–Kier alpha value is -3.92. The third kappa shape index (κ3) is 4.32. The van der Waals surface area contributed by atoms with E-state index in [9.17, 15) is 17.6 Å². The molecule has 172 valence electrons. The number of sulfonamides is 1. The summed E-state index contributed by atoms with van der Waals surface area (Å²) in [6, 6.07) is 13.2. The monoisotopic (exact) mass is 477 g/mol. The van der Waals surface area contributed by atoms with E-state index in [1.54, 1.807) is 42.6 Å². The maximum absolute atomic E-state index is 14.0. The van der Waals surface area contributed by atoms with Gasteiger partial charge < -0.3 is 5.32 Å². The number of halogens is 1. The fourth-order valence-electron chi connectivity index (χ4n) is 4.03. The van der Waals surface area contributed by atoms with Gasteiger partial charge in [0, 0.05) is 42.6 Å². The number of ketones is 1. The number of carbonyl (C=O) groups is 1. The number of hydrogen-bond donors (Lipinski definition) is 2. The summed E-state index contributed by atoms with van der Waals surface area (Å²) >= 11 is 0. The fraction of sp³-hybridized carbons (Fsp3) is 0.167. The second-order valence-corrected chi connectivity index (χ2v) is 9.75. The Morgan fingerprint density at radius 1 is 1.00 bits per heavy atom. The maximum atomic E-state index is 14.0. The molecule has 0 bridgehead atoms. The van der Waals surface area contributed by atoms with Gasteiger partial charge in [-0.15, -0.1) is 0 Å². The average Bonchev–Trinajstić information content (AvgIpc) is 2.83. The van der Waals surface area contributed by atoms with Gasteiger partial charge in [0.25, 0.3) is 10.0 Å². The van der Waals surface area contributed by atoms with Crippen LogP contribution in [-0.2, 0) is 14.8 Å². The van der Waals surface area contributed by atoms with Gasteiger partial charge in [0.1, 0.15) is 17.1 Å². The lowest BCUT2D eigenvalue weighted by molar-refractivity contribution is -0.130. The summed E-state index contributed by atoms with van der Waals surface area (Å²) in [5.41, 5.74) is 1.48. The largest absolute Gasteiger partial charge is 0.369 e. The van der Waals surface area contributed by atoms with E-state index in [1.165, 1.54) is 24.5 Å². The zero-order valence-electron chi connectivity index (χ0n) is 17.8. The van der Waals surface area contributed by atoms with Crippen molar-refractivity contribution in [1.29, 1.82) is 0 Å². The van der Waals surface area contributed by atoms with Crippen molar-refractivity contribution in [2.45, 2.75) is 17.2 Å². The Morgan fingerprint density at radius 3 is 2.56 bits per heavy atom. The first-order chi connectivity index (χ1) is 16.4. The molecule has 2 unspecified atom stereocenters. The van der Waals surface area contributed by atoms with Gasteiger partial charge >= 0.3 is 0 Å². The van der Waals surface area contributed by atoms with Crippen molar-refractivity contribution in [2.75, 3.05) is 16.6 Å². The highest BCUT2D eigenvalue weighted by atomic mass is 32.2. The number of anilines is 2. The third-order valence-electron chi connectivity index (χ3n) is 5.91. The minimum Gasteiger partial charge on any atom is -0.369 e. The summed E-state index contributed by atoms with van der Waals surface area (Å²) in [5.74, 6) is -0.241. The van der Waals surface area contributed by atoms with Crippen molar-refractivity contribution in [3.05, 3.63) is 84.7 Å². The smallest absolute Gasteiger partial charge is 0.261 e. The summed E-state index contributed by atoms with van der Waals surface area (Å²) in [4.78, 5) is 24.4. The Bertz CT molecular complexity index is 1460. The number of carbonyl (C=O) groups excluding carboxylic acids is 1. The van der Waals surface area contributed by atoms with E-state index in [-0.39, 0.29) is 28.0 Å². The lowest BCUT2D eigenvalue weighted by Crippen LogP contribution is -2.40. The number of pyridine rings is 3. The first kappa shape index (κ1) is 21.9. The van der Waals surface area contributed by atoms with Crippen LogP contribution in [0.25, 0.3) is 10.9 Å². The highest BCUT2D eigenvalue weighted by Gasteiger charge is 2.40. The van der Waals surface area contributed by atoms with Crippen molar-refractivity contribution < 1.29 is 17.6 Å². The van der Waals surface area contributed by atoms with Gasteiger partial charge in [-0.3, -0.25) is 19.5 Å². The number of benzene rings is 1. The van der Waals surface area contributed by atoms with Gasteiger partial charge in [0.2, 0.25) is 0 Å². The standard InChI is InChI=1S/C24H20FN5O3S/c25-21-14-27-11-16-5-8-23(29-24(16)21)28-13-20-19(10-22(20)31)15-3-6-18(7-4-15)34(32,33)30-17-2-1-9-26-12-17/h1-9,11-12,14,19-20,30H,10,13H2,(H,28,29). The second-order valence-electron chi connectivity index (χ2n) is 8.07. The van der Waals surface area contributed by atoms with Crippen LogP contribution in [0.1, 0.15) is 17.9 Å². The van der Waals surface area contributed by atoms with E-state index in [0.29, 0.717) is 29.9 Å². The number of hydrogen-bond acceptors (Lipinski definition) is 7. The van der Waals surface area contributed by atoms with E-state index in [0.717, 1.165) is 11.8 Å². The number of fused-ring (bicyclic) bond motifs is 1. The molecule has 0 amide bonds. The molecule has 1 aromatic carbocycles. The van der Waals surface area contributed by atoms with Crippen LogP contribution in [0.4, 0.5) is 15.9 Å². The molecule has 1 saturated carbocycles. The first-order valence-corrected chi connectivity index (χ1v) is 12.1. The van der Waals surface area contributed by atoms with E-state index >= 15 is 0 Å². The number of aromatic nitrogens is 3. The quantitative estimate of drug-likeness (QED) is 0.417. The minimum absolute atomic E-state index is 0.0376. The second kappa shape index (κ2) is 8.79. The van der Waals surface area contributed by atoms with Crippen molar-refractivity contribution in [2.24, 2.45) is 5.92 Å². The van der Waals surface area contributed by atoms with Gasteiger partial charge in [-0.1, -0.05) is 12.1 Å². The molecule has 0 radical (unpaired) electrons. The first-order valence-electron chi connectivity index (χ1n) is 10.6. The highest BCUT2D eigenvalue weighted by Crippen LogP contribution is 2.40. The molecule has 0 spiro atoms. The fourth-order valence-corrected chi connectivity index (χ4v) is 5.08. The zero-order chi connectivity index (χ0) is 23.7. The van der Waals surface area contributed by atoms with E-state index < -0.39 is 15.8 Å². The van der Waals surface area contributed by atoms with E-state index in [4.69, 9.17) is 0 Å². The van der Waals surface area contributed by atoms with Crippen LogP contribution >= 0.6 is 0 Å². The van der Waals surface area contributed by atoms with Crippen LogP contribution in [0.2, 0.25) is 0 Å². The molecule has 3 heterocycles. The number of nitrogens with zero attached hydrogens (tertiary/aromatic N) is 3. The van der Waals surface area contributed by atoms with Crippen molar-refractivity contribution in [1.82, 2.24) is 15.0 Å². The molecule has 34 heavy (non-hydrogen) atoms. The molecule has 8 nitrogen and oxygen atoms in total. The van der Waals surface area contributed by atoms with Crippen LogP contribution in [0.15, 0.2) is 78.2 Å². The van der Waals surface area contributed by atoms with Crippen LogP contribution in [0.5, 0.6) is 0 Å². The average molecular weight is 478 g/mol. The van der Waals surface area contributed by atoms with Crippen molar-refractivity contribution in [3.63, 3.8) is 0 Å². The third-order valence-corrected chi connectivity index (χ3v) is 7.31. The molecule has 1 fully saturated rings. The Balaban J connectivity index is 1.27. The highest BCUT2D eigenvalue weighted by molar-refractivity contribution is 7.92. The van der Waals surface area contributed by atoms with Gasteiger partial charge in [-0.2, -0.15) is 0 Å². The molecular weight excluding hydrogens is 457 g/mol. The van der Waals surface area contributed by atoms with Crippen molar-refractivity contribution >= 4 is 38.2 Å². The normalized spacial score (nSPS) is 17.9. The van der Waals surface area contributed by atoms with Gasteiger partial charge in [0.15, 0.2) is 5.82 Å². The lowest BCUT2D eigenvalue weighted by Gasteiger charge is -2.35. The predicted octanol–water partition coefficient (Wildman–Crippen LogP) is 3.75. The summed E-state index contributed by atoms with van der Waals surface area (Å²) in [6.07, 6.45) is 6.03. The molecule has 4 aromatic rings.